The van der Waals surface area contributed by atoms with Gasteiger partial charge in [0.25, 0.3) is 0 Å². The lowest BCUT2D eigenvalue weighted by Gasteiger charge is -2.16. The molecular formula is C19H21N5O. The molecule has 0 atom stereocenters. The van der Waals surface area contributed by atoms with Crippen molar-refractivity contribution < 1.29 is 4.79 Å². The van der Waals surface area contributed by atoms with Crippen LogP contribution >= 0.6 is 0 Å². The van der Waals surface area contributed by atoms with Crippen molar-refractivity contribution in [3.63, 3.8) is 0 Å². The quantitative estimate of drug-likeness (QED) is 0.685. The first-order chi connectivity index (χ1) is 12.2. The molecule has 4 rings (SSSR count). The highest BCUT2D eigenvalue weighted by Crippen LogP contribution is 2.28. The number of nitrogens with one attached hydrogen (secondary N) is 3. The molecule has 2 heterocycles. The smallest absolute Gasteiger partial charge is 0.319 e. The van der Waals surface area contributed by atoms with Gasteiger partial charge in [0.15, 0.2) is 0 Å². The second-order valence-corrected chi connectivity index (χ2v) is 6.24. The zero-order chi connectivity index (χ0) is 17.2. The highest BCUT2D eigenvalue weighted by molar-refractivity contribution is 6.00. The summed E-state index contributed by atoms with van der Waals surface area (Å²) in [5.41, 5.74) is 5.45. The van der Waals surface area contributed by atoms with Crippen LogP contribution in [0.4, 0.5) is 16.2 Å². The molecule has 0 fully saturated rings. The number of likely N-dealkylation sites (N-methyl/N-ethyl adjacent to an activating group) is 1. The Morgan fingerprint density at radius 3 is 3.12 bits per heavy atom. The second-order valence-electron chi connectivity index (χ2n) is 6.24. The topological polar surface area (TPSA) is 73.1 Å². The number of amides is 2. The number of carbonyl (C=O) groups excluding carboxylic acids is 1. The van der Waals surface area contributed by atoms with Gasteiger partial charge >= 0.3 is 6.03 Å². The molecule has 0 spiro atoms. The number of nitrogens with zero attached hydrogens (tertiary/aromatic N) is 2. The van der Waals surface area contributed by atoms with Crippen molar-refractivity contribution in [3.05, 3.63) is 53.7 Å². The number of aromatic amines is 1. The first kappa shape index (κ1) is 15.5. The van der Waals surface area contributed by atoms with Crippen molar-refractivity contribution in [2.45, 2.75) is 19.9 Å². The fourth-order valence-electron chi connectivity index (χ4n) is 3.39. The molecule has 0 bridgehead atoms. The summed E-state index contributed by atoms with van der Waals surface area (Å²) in [5.74, 6) is 0. The van der Waals surface area contributed by atoms with E-state index in [9.17, 15) is 4.79 Å². The van der Waals surface area contributed by atoms with E-state index < -0.39 is 0 Å². The molecule has 0 saturated heterocycles. The summed E-state index contributed by atoms with van der Waals surface area (Å²) >= 11 is 0. The zero-order valence-corrected chi connectivity index (χ0v) is 14.2. The van der Waals surface area contributed by atoms with Crippen molar-refractivity contribution in [2.75, 3.05) is 23.3 Å². The largest absolute Gasteiger partial charge is 0.371 e. The number of benzene rings is 2. The van der Waals surface area contributed by atoms with Gasteiger partial charge in [-0.2, -0.15) is 5.10 Å². The van der Waals surface area contributed by atoms with E-state index in [1.807, 2.05) is 18.2 Å². The molecule has 0 aliphatic carbocycles. The summed E-state index contributed by atoms with van der Waals surface area (Å²) in [4.78, 5) is 14.6. The fraction of sp³-hybridized carbons (Fsp3) is 0.263. The number of hydrogen-bond donors (Lipinski definition) is 3. The van der Waals surface area contributed by atoms with E-state index in [1.54, 1.807) is 6.20 Å². The van der Waals surface area contributed by atoms with Crippen molar-refractivity contribution in [2.24, 2.45) is 0 Å². The van der Waals surface area contributed by atoms with Gasteiger partial charge in [-0.05, 0) is 42.7 Å². The van der Waals surface area contributed by atoms with Gasteiger partial charge in [0, 0.05) is 30.7 Å². The van der Waals surface area contributed by atoms with Gasteiger partial charge in [-0.1, -0.05) is 18.2 Å². The van der Waals surface area contributed by atoms with E-state index >= 15 is 0 Å². The summed E-state index contributed by atoms with van der Waals surface area (Å²) in [7, 11) is 0. The third-order valence-corrected chi connectivity index (χ3v) is 4.70. The molecule has 3 N–H and O–H groups in total. The molecule has 1 aliphatic rings. The van der Waals surface area contributed by atoms with E-state index in [2.05, 4.69) is 50.9 Å². The third-order valence-electron chi connectivity index (χ3n) is 4.70. The number of carbonyl (C=O) groups is 1. The monoisotopic (exact) mass is 335 g/mol. The van der Waals surface area contributed by atoms with E-state index in [4.69, 9.17) is 0 Å². The number of aromatic nitrogens is 2. The van der Waals surface area contributed by atoms with Crippen LogP contribution < -0.4 is 15.5 Å². The Labute approximate surface area is 146 Å². The Morgan fingerprint density at radius 1 is 1.32 bits per heavy atom. The first-order valence-corrected chi connectivity index (χ1v) is 8.58. The van der Waals surface area contributed by atoms with Gasteiger partial charge in [-0.25, -0.2) is 4.79 Å². The van der Waals surface area contributed by atoms with Crippen LogP contribution in [0.3, 0.4) is 0 Å². The Bertz CT molecular complexity index is 917. The molecule has 1 aliphatic heterocycles. The van der Waals surface area contributed by atoms with Crippen LogP contribution in [0.15, 0.2) is 42.6 Å². The maximum atomic E-state index is 12.2. The van der Waals surface area contributed by atoms with Crippen LogP contribution in [0.1, 0.15) is 18.1 Å². The normalized spacial score (nSPS) is 13.1. The van der Waals surface area contributed by atoms with Gasteiger partial charge in [0.2, 0.25) is 0 Å². The van der Waals surface area contributed by atoms with Gasteiger partial charge in [-0.3, -0.25) is 5.10 Å². The van der Waals surface area contributed by atoms with Crippen molar-refractivity contribution >= 4 is 28.3 Å². The lowest BCUT2D eigenvalue weighted by Crippen LogP contribution is -2.28. The van der Waals surface area contributed by atoms with Gasteiger partial charge in [-0.15, -0.1) is 0 Å². The molecule has 0 saturated carbocycles. The minimum Gasteiger partial charge on any atom is -0.371 e. The average molecular weight is 335 g/mol. The molecule has 0 radical (unpaired) electrons. The maximum absolute atomic E-state index is 12.2. The zero-order valence-electron chi connectivity index (χ0n) is 14.2. The van der Waals surface area contributed by atoms with Crippen molar-refractivity contribution in [3.8, 4) is 0 Å². The molecule has 1 aromatic heterocycles. The van der Waals surface area contributed by atoms with Gasteiger partial charge in [0.1, 0.15) is 0 Å². The Kier molecular flexibility index (Phi) is 4.01. The molecule has 6 heteroatoms. The second kappa shape index (κ2) is 6.47. The number of urea groups is 1. The van der Waals surface area contributed by atoms with Gasteiger partial charge in [0.05, 0.1) is 17.4 Å². The molecule has 0 unspecified atom stereocenters. The van der Waals surface area contributed by atoms with E-state index in [-0.39, 0.29) is 6.03 Å². The van der Waals surface area contributed by atoms with Crippen LogP contribution in [0, 0.1) is 0 Å². The van der Waals surface area contributed by atoms with Crippen molar-refractivity contribution in [1.82, 2.24) is 15.5 Å². The molecular weight excluding hydrogens is 314 g/mol. The van der Waals surface area contributed by atoms with Crippen LogP contribution in [-0.4, -0.2) is 29.3 Å². The molecule has 3 aromatic rings. The van der Waals surface area contributed by atoms with Gasteiger partial charge < -0.3 is 15.5 Å². The predicted molar refractivity (Wildman–Crippen MR) is 100.0 cm³/mol. The molecule has 128 valence electrons. The number of H-pyrrole nitrogens is 1. The molecule has 2 aromatic carbocycles. The minimum atomic E-state index is -0.218. The summed E-state index contributed by atoms with van der Waals surface area (Å²) in [6, 6.07) is 11.9. The summed E-state index contributed by atoms with van der Waals surface area (Å²) in [6.45, 7) is 4.80. The number of anilines is 2. The summed E-state index contributed by atoms with van der Waals surface area (Å²) < 4.78 is 0. The highest BCUT2D eigenvalue weighted by atomic mass is 16.2. The Hall–Kier alpha value is -3.02. The summed E-state index contributed by atoms with van der Waals surface area (Å²) in [6.07, 6.45) is 2.79. The number of rotatable bonds is 4. The van der Waals surface area contributed by atoms with Crippen LogP contribution in [0.5, 0.6) is 0 Å². The predicted octanol–water partition coefficient (Wildman–Crippen LogP) is 3.27. The first-order valence-electron chi connectivity index (χ1n) is 8.58. The van der Waals surface area contributed by atoms with Crippen LogP contribution in [0.2, 0.25) is 0 Å². The standard InChI is InChI=1S/C19H21N5O/c1-2-24-9-8-14-10-13(6-7-18(14)24)11-20-19(25)22-16-4-3-5-17-15(16)12-21-23-17/h3-7,10,12H,2,8-9,11H2,1H3,(H,21,23)(H2,20,22,25). The van der Waals surface area contributed by atoms with Crippen LogP contribution in [0.25, 0.3) is 10.9 Å². The van der Waals surface area contributed by atoms with E-state index in [0.29, 0.717) is 6.54 Å². The number of fused-ring (bicyclic) bond motifs is 2. The summed E-state index contributed by atoms with van der Waals surface area (Å²) in [5, 5.41) is 13.6. The SMILES string of the molecule is CCN1CCc2cc(CNC(=O)Nc3cccc4[nH]ncc34)ccc21. The average Bonchev–Trinajstić information content (AvgIpc) is 3.26. The Balaban J connectivity index is 1.40. The van der Waals surface area contributed by atoms with Crippen LogP contribution in [-0.2, 0) is 13.0 Å². The Morgan fingerprint density at radius 2 is 2.24 bits per heavy atom. The van der Waals surface area contributed by atoms with E-state index in [0.717, 1.165) is 41.7 Å². The molecule has 25 heavy (non-hydrogen) atoms. The fourth-order valence-corrected chi connectivity index (χ4v) is 3.39. The van der Waals surface area contributed by atoms with E-state index in [1.165, 1.54) is 11.3 Å². The highest BCUT2D eigenvalue weighted by Gasteiger charge is 2.17. The van der Waals surface area contributed by atoms with Crippen molar-refractivity contribution in [1.29, 1.82) is 0 Å². The number of hydrogen-bond acceptors (Lipinski definition) is 3. The minimum absolute atomic E-state index is 0.218. The molecule has 6 nitrogen and oxygen atoms in total. The maximum Gasteiger partial charge on any atom is 0.319 e. The third kappa shape index (κ3) is 3.03. The lowest BCUT2D eigenvalue weighted by atomic mass is 10.1. The molecule has 2 amide bonds. The lowest BCUT2D eigenvalue weighted by molar-refractivity contribution is 0.252.